The van der Waals surface area contributed by atoms with Gasteiger partial charge in [-0.25, -0.2) is 14.8 Å². The molecule has 1 aromatic carbocycles. The minimum atomic E-state index is -0.322. The highest BCUT2D eigenvalue weighted by Gasteiger charge is 2.27. The first-order valence-electron chi connectivity index (χ1n) is 6.82. The van der Waals surface area contributed by atoms with Crippen molar-refractivity contribution in [2.24, 2.45) is 0 Å². The third-order valence-electron chi connectivity index (χ3n) is 3.31. The van der Waals surface area contributed by atoms with Crippen LogP contribution < -0.4 is 11.1 Å². The quantitative estimate of drug-likeness (QED) is 0.630. The summed E-state index contributed by atoms with van der Waals surface area (Å²) in [5.74, 6) is 2.15. The first kappa shape index (κ1) is 14.6. The number of imide groups is 1. The second-order valence-corrected chi connectivity index (χ2v) is 5.90. The Balaban J connectivity index is 1.58. The van der Waals surface area contributed by atoms with Gasteiger partial charge in [-0.15, -0.1) is 0 Å². The Morgan fingerprint density at radius 3 is 2.86 bits per heavy atom. The summed E-state index contributed by atoms with van der Waals surface area (Å²) in [6.07, 6.45) is 0. The van der Waals surface area contributed by atoms with E-state index in [0.717, 1.165) is 10.9 Å². The lowest BCUT2D eigenvalue weighted by Crippen LogP contribution is -2.32. The molecule has 2 aromatic rings. The summed E-state index contributed by atoms with van der Waals surface area (Å²) in [5, 5.41) is 3.34. The minimum absolute atomic E-state index is 0.0911. The maximum absolute atomic E-state index is 11.4. The van der Waals surface area contributed by atoms with E-state index in [1.54, 1.807) is 11.8 Å². The topological polar surface area (TPSA) is 101 Å². The zero-order chi connectivity index (χ0) is 15.5. The molecule has 3 amide bonds. The van der Waals surface area contributed by atoms with Crippen LogP contribution >= 0.6 is 11.8 Å². The number of anilines is 1. The third-order valence-corrected chi connectivity index (χ3v) is 4.24. The van der Waals surface area contributed by atoms with Gasteiger partial charge in [-0.1, -0.05) is 12.1 Å². The smallest absolute Gasteiger partial charge is 0.324 e. The number of nitrogen functional groups attached to an aromatic ring is 1. The number of rotatable bonds is 5. The van der Waals surface area contributed by atoms with Crippen LogP contribution in [0.1, 0.15) is 5.82 Å². The second-order valence-electron chi connectivity index (χ2n) is 4.80. The normalized spacial score (nSPS) is 14.6. The van der Waals surface area contributed by atoms with Gasteiger partial charge in [0.1, 0.15) is 11.6 Å². The molecule has 0 saturated carbocycles. The predicted molar refractivity (Wildman–Crippen MR) is 85.2 cm³/mol. The zero-order valence-electron chi connectivity index (χ0n) is 11.8. The number of carbonyl (C=O) groups excluding carboxylic acids is 2. The van der Waals surface area contributed by atoms with Gasteiger partial charge in [0.05, 0.1) is 17.8 Å². The van der Waals surface area contributed by atoms with E-state index in [0.29, 0.717) is 29.7 Å². The van der Waals surface area contributed by atoms with Gasteiger partial charge >= 0.3 is 6.03 Å². The largest absolute Gasteiger partial charge is 0.383 e. The Kier molecular flexibility index (Phi) is 4.10. The Morgan fingerprint density at radius 1 is 1.27 bits per heavy atom. The fourth-order valence-electron chi connectivity index (χ4n) is 2.22. The highest BCUT2D eigenvalue weighted by molar-refractivity contribution is 7.98. The summed E-state index contributed by atoms with van der Waals surface area (Å²) in [5.41, 5.74) is 6.75. The van der Waals surface area contributed by atoms with Crippen LogP contribution in [-0.2, 0) is 10.5 Å². The van der Waals surface area contributed by atoms with Gasteiger partial charge in [-0.05, 0) is 12.1 Å². The molecule has 1 fully saturated rings. The summed E-state index contributed by atoms with van der Waals surface area (Å²) >= 11 is 1.56. The van der Waals surface area contributed by atoms with E-state index in [4.69, 9.17) is 5.73 Å². The van der Waals surface area contributed by atoms with Crippen molar-refractivity contribution in [2.45, 2.75) is 5.75 Å². The molecule has 0 bridgehead atoms. The summed E-state index contributed by atoms with van der Waals surface area (Å²) < 4.78 is 0. The van der Waals surface area contributed by atoms with Crippen molar-refractivity contribution in [1.82, 2.24) is 20.2 Å². The summed E-state index contributed by atoms with van der Waals surface area (Å²) in [7, 11) is 0. The SMILES string of the molecule is Nc1nc(CSCCN2C(=O)CNC2=O)nc2ccccc12. The van der Waals surface area contributed by atoms with E-state index < -0.39 is 0 Å². The van der Waals surface area contributed by atoms with Gasteiger partial charge < -0.3 is 11.1 Å². The lowest BCUT2D eigenvalue weighted by Gasteiger charge is -2.11. The van der Waals surface area contributed by atoms with E-state index in [2.05, 4.69) is 15.3 Å². The summed E-state index contributed by atoms with van der Waals surface area (Å²) in [4.78, 5) is 32.8. The number of carbonyl (C=O) groups is 2. The summed E-state index contributed by atoms with van der Waals surface area (Å²) in [6, 6.07) is 7.27. The Morgan fingerprint density at radius 2 is 2.09 bits per heavy atom. The molecule has 1 saturated heterocycles. The lowest BCUT2D eigenvalue weighted by molar-refractivity contribution is -0.124. The van der Waals surface area contributed by atoms with Crippen molar-refractivity contribution in [2.75, 3.05) is 24.6 Å². The number of nitrogens with two attached hydrogens (primary N) is 1. The predicted octanol–water partition coefficient (Wildman–Crippen LogP) is 0.997. The fourth-order valence-corrected chi connectivity index (χ4v) is 2.98. The van der Waals surface area contributed by atoms with Gasteiger partial charge in [-0.2, -0.15) is 11.8 Å². The van der Waals surface area contributed by atoms with Crippen molar-refractivity contribution < 1.29 is 9.59 Å². The van der Waals surface area contributed by atoms with E-state index in [1.165, 1.54) is 4.90 Å². The molecule has 0 aliphatic carbocycles. The van der Waals surface area contributed by atoms with Crippen LogP contribution in [0.15, 0.2) is 24.3 Å². The molecule has 1 aliphatic rings. The number of benzene rings is 1. The molecule has 0 unspecified atom stereocenters. The Bertz CT molecular complexity index is 720. The van der Waals surface area contributed by atoms with E-state index in [9.17, 15) is 9.59 Å². The van der Waals surface area contributed by atoms with Crippen molar-refractivity contribution in [3.05, 3.63) is 30.1 Å². The molecule has 0 atom stereocenters. The zero-order valence-corrected chi connectivity index (χ0v) is 12.6. The van der Waals surface area contributed by atoms with Crippen LogP contribution in [0.5, 0.6) is 0 Å². The molecule has 22 heavy (non-hydrogen) atoms. The number of nitrogens with one attached hydrogen (secondary N) is 1. The van der Waals surface area contributed by atoms with Crippen molar-refractivity contribution in [1.29, 1.82) is 0 Å². The van der Waals surface area contributed by atoms with Crippen LogP contribution in [0.25, 0.3) is 10.9 Å². The lowest BCUT2D eigenvalue weighted by atomic mass is 10.2. The first-order valence-corrected chi connectivity index (χ1v) is 7.97. The molecular formula is C14H15N5O2S. The second kappa shape index (κ2) is 6.18. The molecular weight excluding hydrogens is 302 g/mol. The van der Waals surface area contributed by atoms with E-state index >= 15 is 0 Å². The fraction of sp³-hybridized carbons (Fsp3) is 0.286. The number of para-hydroxylation sites is 1. The molecule has 1 aliphatic heterocycles. The molecule has 3 N–H and O–H groups in total. The van der Waals surface area contributed by atoms with Gasteiger partial charge in [0.15, 0.2) is 0 Å². The van der Waals surface area contributed by atoms with Gasteiger partial charge in [0, 0.05) is 17.7 Å². The third kappa shape index (κ3) is 2.96. The molecule has 7 nitrogen and oxygen atoms in total. The van der Waals surface area contributed by atoms with E-state index in [1.807, 2.05) is 24.3 Å². The number of fused-ring (bicyclic) bond motifs is 1. The average Bonchev–Trinajstić information content (AvgIpc) is 2.83. The molecule has 3 rings (SSSR count). The number of thioether (sulfide) groups is 1. The van der Waals surface area contributed by atoms with Crippen molar-refractivity contribution >= 4 is 40.4 Å². The number of aromatic nitrogens is 2. The van der Waals surface area contributed by atoms with Gasteiger partial charge in [0.25, 0.3) is 0 Å². The molecule has 114 valence electrons. The van der Waals surface area contributed by atoms with Crippen LogP contribution in [0.4, 0.5) is 10.6 Å². The maximum Gasteiger partial charge on any atom is 0.324 e. The number of hydrogen-bond acceptors (Lipinski definition) is 6. The maximum atomic E-state index is 11.4. The molecule has 8 heteroatoms. The monoisotopic (exact) mass is 317 g/mol. The van der Waals surface area contributed by atoms with Crippen LogP contribution in [0.2, 0.25) is 0 Å². The molecule has 0 radical (unpaired) electrons. The molecule has 1 aromatic heterocycles. The Labute approximate surface area is 131 Å². The number of hydrogen-bond donors (Lipinski definition) is 2. The van der Waals surface area contributed by atoms with Crippen molar-refractivity contribution in [3.8, 4) is 0 Å². The minimum Gasteiger partial charge on any atom is -0.383 e. The van der Waals surface area contributed by atoms with Gasteiger partial charge in [-0.3, -0.25) is 9.69 Å². The Hall–Kier alpha value is -2.35. The van der Waals surface area contributed by atoms with Crippen LogP contribution in [0.3, 0.4) is 0 Å². The standard InChI is InChI=1S/C14H15N5O2S/c15-13-9-3-1-2-4-10(9)17-11(18-13)8-22-6-5-19-12(20)7-16-14(19)21/h1-4H,5-8H2,(H,16,21)(H2,15,17,18). The average molecular weight is 317 g/mol. The highest BCUT2D eigenvalue weighted by Crippen LogP contribution is 2.19. The number of urea groups is 1. The molecule has 0 spiro atoms. The van der Waals surface area contributed by atoms with Gasteiger partial charge in [0.2, 0.25) is 5.91 Å². The number of nitrogens with zero attached hydrogens (tertiary/aromatic N) is 3. The van der Waals surface area contributed by atoms with Crippen LogP contribution in [-0.4, -0.2) is 45.6 Å². The van der Waals surface area contributed by atoms with Crippen LogP contribution in [0, 0.1) is 0 Å². The number of amides is 3. The van der Waals surface area contributed by atoms with Crippen molar-refractivity contribution in [3.63, 3.8) is 0 Å². The summed E-state index contributed by atoms with van der Waals surface area (Å²) in [6.45, 7) is 0.478. The first-order chi connectivity index (χ1) is 10.6. The molecule has 2 heterocycles. The van der Waals surface area contributed by atoms with E-state index in [-0.39, 0.29) is 18.5 Å². The highest BCUT2D eigenvalue weighted by atomic mass is 32.2.